The molecule has 1 unspecified atom stereocenters. The highest BCUT2D eigenvalue weighted by Crippen LogP contribution is 2.45. The minimum absolute atomic E-state index is 0.00676. The Morgan fingerprint density at radius 3 is 2.41 bits per heavy atom. The van der Waals surface area contributed by atoms with Gasteiger partial charge in [-0.15, -0.1) is 0 Å². The number of amides is 5. The van der Waals surface area contributed by atoms with Gasteiger partial charge in [-0.2, -0.15) is 5.10 Å². The zero-order valence-corrected chi connectivity index (χ0v) is 37.2. The highest BCUT2D eigenvalue weighted by atomic mass is 19.3. The fourth-order valence-corrected chi connectivity index (χ4v) is 10.8. The summed E-state index contributed by atoms with van der Waals surface area (Å²) in [7, 11) is 0. The van der Waals surface area contributed by atoms with Crippen molar-refractivity contribution in [2.75, 3.05) is 42.5 Å². The molecule has 0 spiro atoms. The first-order chi connectivity index (χ1) is 31.9. The van der Waals surface area contributed by atoms with Crippen LogP contribution in [0.2, 0.25) is 0 Å². The number of nitrogens with zero attached hydrogens (tertiary/aromatic N) is 7. The molecule has 10 rings (SSSR count). The molecule has 5 amide bonds. The van der Waals surface area contributed by atoms with Gasteiger partial charge in [-0.05, 0) is 122 Å². The second-order valence-corrected chi connectivity index (χ2v) is 18.4. The third-order valence-corrected chi connectivity index (χ3v) is 14.2. The molecule has 14 nitrogen and oxygen atoms in total. The largest absolute Gasteiger partial charge is 0.360 e. The molecule has 2 atom stereocenters. The molecule has 3 fully saturated rings. The lowest BCUT2D eigenvalue weighted by Crippen LogP contribution is -2.55. The quantitative estimate of drug-likeness (QED) is 0.162. The van der Waals surface area contributed by atoms with Crippen molar-refractivity contribution in [3.05, 3.63) is 101 Å². The van der Waals surface area contributed by atoms with Crippen molar-refractivity contribution in [1.29, 1.82) is 0 Å². The fourth-order valence-electron chi connectivity index (χ4n) is 10.8. The predicted molar refractivity (Wildman–Crippen MR) is 245 cm³/mol. The number of halogens is 2. The number of alkyl halides is 2. The molecule has 16 heteroatoms. The highest BCUT2D eigenvalue weighted by molar-refractivity contribution is 6.02. The lowest BCUT2D eigenvalue weighted by Gasteiger charge is -2.34. The van der Waals surface area contributed by atoms with Gasteiger partial charge in [0.05, 0.1) is 12.6 Å². The van der Waals surface area contributed by atoms with Gasteiger partial charge in [-0.1, -0.05) is 12.1 Å². The van der Waals surface area contributed by atoms with Crippen LogP contribution in [-0.4, -0.2) is 98.9 Å². The summed E-state index contributed by atoms with van der Waals surface area (Å²) in [5.74, 6) is -0.489. The number of anilines is 3. The van der Waals surface area contributed by atoms with Crippen molar-refractivity contribution in [2.45, 2.75) is 103 Å². The van der Waals surface area contributed by atoms with Gasteiger partial charge in [-0.25, -0.2) is 8.78 Å². The summed E-state index contributed by atoms with van der Waals surface area (Å²) in [5.41, 5.74) is 7.21. The van der Waals surface area contributed by atoms with Gasteiger partial charge < -0.3 is 24.9 Å². The number of likely N-dealkylation sites (tertiary alicyclic amines) is 1. The van der Waals surface area contributed by atoms with E-state index >= 15 is 8.78 Å². The molecule has 3 aromatic carbocycles. The van der Waals surface area contributed by atoms with E-state index in [0.717, 1.165) is 63.7 Å². The maximum Gasteiger partial charge on any atom is 0.264 e. The van der Waals surface area contributed by atoms with Crippen molar-refractivity contribution in [1.82, 2.24) is 35.2 Å². The number of benzene rings is 3. The predicted octanol–water partition coefficient (Wildman–Crippen LogP) is 6.70. The number of fused-ring (bicyclic) bond motifs is 3. The Balaban J connectivity index is 0.873. The average molecular weight is 898 g/mol. The van der Waals surface area contributed by atoms with Crippen LogP contribution in [-0.2, 0) is 38.6 Å². The number of pyridine rings is 1. The van der Waals surface area contributed by atoms with Crippen LogP contribution in [0.1, 0.15) is 103 Å². The first-order valence-electron chi connectivity index (χ1n) is 23.1. The Morgan fingerprint density at radius 2 is 1.65 bits per heavy atom. The molecule has 0 radical (unpaired) electrons. The first-order valence-corrected chi connectivity index (χ1v) is 23.1. The number of imide groups is 1. The van der Waals surface area contributed by atoms with Crippen molar-refractivity contribution in [3.63, 3.8) is 0 Å². The normalized spacial score (nSPS) is 20.1. The van der Waals surface area contributed by atoms with Gasteiger partial charge >= 0.3 is 0 Å². The van der Waals surface area contributed by atoms with E-state index in [0.29, 0.717) is 87.6 Å². The Morgan fingerprint density at radius 1 is 0.848 bits per heavy atom. The Bertz CT molecular complexity index is 2770. The third-order valence-electron chi connectivity index (χ3n) is 14.2. The molecule has 5 aliphatic heterocycles. The van der Waals surface area contributed by atoms with Crippen LogP contribution < -0.4 is 20.4 Å². The number of nitrogens with one attached hydrogen (secondary N) is 2. The smallest absolute Gasteiger partial charge is 0.264 e. The number of aromatic nitrogens is 3. The number of carbonyl (C=O) groups excluding carboxylic acids is 5. The van der Waals surface area contributed by atoms with Crippen molar-refractivity contribution in [2.24, 2.45) is 0 Å². The number of carbonyl (C=O) groups is 5. The third kappa shape index (κ3) is 8.04. The number of rotatable bonds is 8. The van der Waals surface area contributed by atoms with E-state index in [1.165, 1.54) is 0 Å². The van der Waals surface area contributed by atoms with E-state index in [1.807, 2.05) is 58.0 Å². The molecule has 0 aliphatic carbocycles. The van der Waals surface area contributed by atoms with Crippen LogP contribution in [0.15, 0.2) is 67.0 Å². The maximum atomic E-state index is 15.2. The van der Waals surface area contributed by atoms with E-state index in [-0.39, 0.29) is 48.1 Å². The van der Waals surface area contributed by atoms with Crippen molar-refractivity contribution < 1.29 is 32.8 Å². The number of aryl methyl sites for hydroxylation is 2. The minimum atomic E-state index is -2.73. The summed E-state index contributed by atoms with van der Waals surface area (Å²) < 4.78 is 32.5. The molecular formula is C50H53F2N9O5. The summed E-state index contributed by atoms with van der Waals surface area (Å²) >= 11 is 0. The second kappa shape index (κ2) is 17.6. The molecule has 66 heavy (non-hydrogen) atoms. The molecule has 2 aromatic heterocycles. The van der Waals surface area contributed by atoms with Gasteiger partial charge in [0.15, 0.2) is 5.82 Å². The summed E-state index contributed by atoms with van der Waals surface area (Å²) in [6.07, 6.45) is 6.09. The van der Waals surface area contributed by atoms with Crippen LogP contribution in [0, 0.1) is 6.92 Å². The second-order valence-electron chi connectivity index (χ2n) is 18.4. The molecule has 0 bridgehead atoms. The first kappa shape index (κ1) is 43.2. The summed E-state index contributed by atoms with van der Waals surface area (Å²) in [5, 5.41) is 12.2. The van der Waals surface area contributed by atoms with Gasteiger partial charge in [0, 0.05) is 104 Å². The monoisotopic (exact) mass is 897 g/mol. The Labute approximate surface area is 381 Å². The van der Waals surface area contributed by atoms with Gasteiger partial charge in [-0.3, -0.25) is 39.0 Å². The lowest BCUT2D eigenvalue weighted by atomic mass is 9.89. The highest BCUT2D eigenvalue weighted by Gasteiger charge is 2.37. The van der Waals surface area contributed by atoms with E-state index in [4.69, 9.17) is 5.10 Å². The van der Waals surface area contributed by atoms with E-state index in [2.05, 4.69) is 25.2 Å². The number of piperidine rings is 2. The lowest BCUT2D eigenvalue weighted by molar-refractivity contribution is -0.137. The van der Waals surface area contributed by atoms with Gasteiger partial charge in [0.2, 0.25) is 23.6 Å². The summed E-state index contributed by atoms with van der Waals surface area (Å²) in [6, 6.07) is 15.6. The molecule has 5 aliphatic rings. The Kier molecular flexibility index (Phi) is 11.5. The van der Waals surface area contributed by atoms with Crippen molar-refractivity contribution >= 4 is 57.5 Å². The summed E-state index contributed by atoms with van der Waals surface area (Å²) in [6.45, 7) is 6.75. The minimum Gasteiger partial charge on any atom is -0.360 e. The van der Waals surface area contributed by atoms with E-state index in [1.54, 1.807) is 37.5 Å². The van der Waals surface area contributed by atoms with Gasteiger partial charge in [0.1, 0.15) is 12.1 Å². The number of hydrogen-bond acceptors (Lipinski definition) is 9. The standard InChI is InChI=1S/C50H53F2N9O5/c1-29-23-32-13-17-53-27-39(32)36(24-29)37-25-33-5-3-19-60(44(33)26-38(37)46(51)52)47-40-28-58(30(2)62)22-16-42(40)61(56-47)35-14-20-57(21-15-35)50(66)31-7-9-34(10-8-31)59-18-4-6-43(59)49(65)54-41-11-12-45(63)55-48(41)64/h7-10,13,17,23-27,35,41,43,46H,3-6,11-12,14-16,18-22,28H2,1-2H3,(H,54,65)(H,55,63,64)/t41?,43-/m0/s1. The molecule has 5 aromatic rings. The van der Waals surface area contributed by atoms with Crippen LogP contribution in [0.3, 0.4) is 0 Å². The molecular weight excluding hydrogens is 845 g/mol. The van der Waals surface area contributed by atoms with Crippen LogP contribution in [0.5, 0.6) is 0 Å². The van der Waals surface area contributed by atoms with Crippen LogP contribution >= 0.6 is 0 Å². The average Bonchev–Trinajstić information content (AvgIpc) is 3.97. The van der Waals surface area contributed by atoms with E-state index < -0.39 is 24.4 Å². The zero-order chi connectivity index (χ0) is 45.8. The molecule has 2 N–H and O–H groups in total. The fraction of sp³-hybridized carbons (Fsp3) is 0.420. The zero-order valence-electron chi connectivity index (χ0n) is 37.2. The molecule has 0 saturated carbocycles. The molecule has 3 saturated heterocycles. The molecule has 7 heterocycles. The van der Waals surface area contributed by atoms with Crippen LogP contribution in [0.4, 0.5) is 26.0 Å². The van der Waals surface area contributed by atoms with Gasteiger partial charge in [0.25, 0.3) is 12.3 Å². The van der Waals surface area contributed by atoms with E-state index in [9.17, 15) is 24.0 Å². The topological polar surface area (TPSA) is 153 Å². The Hall–Kier alpha value is -6.71. The summed E-state index contributed by atoms with van der Waals surface area (Å²) in [4.78, 5) is 75.9. The molecule has 342 valence electrons. The SMILES string of the molecule is CC(=O)N1CCc2c(c(N3CCCc4cc(-c5cc(C)cc6ccncc56)c(C(F)F)cc43)nn2C2CCN(C(=O)c3ccc(N4CCC[C@H]4C(=O)NC4CCC(=O)NC4=O)cc3)CC2)C1. The number of hydrogen-bond donors (Lipinski definition) is 2. The van der Waals surface area contributed by atoms with Crippen molar-refractivity contribution in [3.8, 4) is 11.1 Å². The van der Waals surface area contributed by atoms with Crippen LogP contribution in [0.25, 0.3) is 21.9 Å². The maximum absolute atomic E-state index is 15.2.